The lowest BCUT2D eigenvalue weighted by atomic mass is 10.1. The van der Waals surface area contributed by atoms with Gasteiger partial charge in [-0.3, -0.25) is 9.69 Å². The van der Waals surface area contributed by atoms with Crippen LogP contribution in [0, 0.1) is 0 Å². The number of rotatable bonds is 5. The quantitative estimate of drug-likeness (QED) is 0.751. The number of carbonyl (C=O) groups excluding carboxylic acids is 3. The van der Waals surface area contributed by atoms with Crippen LogP contribution in [-0.4, -0.2) is 67.3 Å². The molecule has 1 amide bonds. The largest absolute Gasteiger partial charge is 0.465 e. The SMILES string of the molecule is COC(=O)c1cc(NC(=O)C(C)N2CC[C@H](O)C2)cc(C(=O)OC)c1. The number of esters is 2. The van der Waals surface area contributed by atoms with Gasteiger partial charge in [-0.2, -0.15) is 0 Å². The van der Waals surface area contributed by atoms with Crippen molar-refractivity contribution < 1.29 is 29.0 Å². The van der Waals surface area contributed by atoms with Gasteiger partial charge in [-0.25, -0.2) is 9.59 Å². The highest BCUT2D eigenvalue weighted by Gasteiger charge is 2.28. The molecule has 2 N–H and O–H groups in total. The van der Waals surface area contributed by atoms with E-state index in [9.17, 15) is 19.5 Å². The van der Waals surface area contributed by atoms with Crippen LogP contribution in [0.15, 0.2) is 18.2 Å². The summed E-state index contributed by atoms with van der Waals surface area (Å²) in [5.41, 5.74) is 0.551. The average molecular weight is 350 g/mol. The Morgan fingerprint density at radius 3 is 2.16 bits per heavy atom. The lowest BCUT2D eigenvalue weighted by molar-refractivity contribution is -0.120. The predicted octanol–water partition coefficient (Wildman–Crippen LogP) is 0.653. The molecule has 8 heteroatoms. The minimum Gasteiger partial charge on any atom is -0.465 e. The Balaban J connectivity index is 2.20. The highest BCUT2D eigenvalue weighted by Crippen LogP contribution is 2.19. The number of nitrogens with one attached hydrogen (secondary N) is 1. The van der Waals surface area contributed by atoms with E-state index in [0.717, 1.165) is 0 Å². The van der Waals surface area contributed by atoms with Gasteiger partial charge in [0.1, 0.15) is 0 Å². The number of methoxy groups -OCH3 is 2. The third-order valence-electron chi connectivity index (χ3n) is 4.16. The van der Waals surface area contributed by atoms with Crippen LogP contribution in [0.5, 0.6) is 0 Å². The van der Waals surface area contributed by atoms with Crippen molar-refractivity contribution in [1.82, 2.24) is 4.90 Å². The Morgan fingerprint density at radius 2 is 1.72 bits per heavy atom. The molecule has 1 heterocycles. The summed E-state index contributed by atoms with van der Waals surface area (Å²) in [5.74, 6) is -1.55. The number of aliphatic hydroxyl groups is 1. The van der Waals surface area contributed by atoms with Crippen LogP contribution in [0.25, 0.3) is 0 Å². The van der Waals surface area contributed by atoms with Crippen LogP contribution in [0.4, 0.5) is 5.69 Å². The number of hydrogen-bond acceptors (Lipinski definition) is 7. The van der Waals surface area contributed by atoms with Gasteiger partial charge < -0.3 is 19.9 Å². The van der Waals surface area contributed by atoms with E-state index in [1.165, 1.54) is 32.4 Å². The Labute approximate surface area is 145 Å². The zero-order chi connectivity index (χ0) is 18.6. The van der Waals surface area contributed by atoms with Gasteiger partial charge >= 0.3 is 11.9 Å². The number of aliphatic hydroxyl groups excluding tert-OH is 1. The second kappa shape index (κ2) is 8.09. The Hall–Kier alpha value is -2.45. The third kappa shape index (κ3) is 4.55. The molecule has 0 saturated carbocycles. The Bertz CT molecular complexity index is 641. The molecule has 136 valence electrons. The van der Waals surface area contributed by atoms with Crippen molar-refractivity contribution in [2.75, 3.05) is 32.6 Å². The van der Waals surface area contributed by atoms with Crippen molar-refractivity contribution in [3.8, 4) is 0 Å². The normalized spacial score (nSPS) is 18.5. The average Bonchev–Trinajstić information content (AvgIpc) is 3.05. The summed E-state index contributed by atoms with van der Waals surface area (Å²) >= 11 is 0. The molecule has 1 aliphatic heterocycles. The molecule has 25 heavy (non-hydrogen) atoms. The zero-order valence-electron chi connectivity index (χ0n) is 14.4. The molecular formula is C17H22N2O6. The maximum Gasteiger partial charge on any atom is 0.337 e. The highest BCUT2D eigenvalue weighted by molar-refractivity contribution is 6.00. The topological polar surface area (TPSA) is 105 Å². The van der Waals surface area contributed by atoms with E-state index < -0.39 is 24.1 Å². The van der Waals surface area contributed by atoms with Crippen molar-refractivity contribution in [3.63, 3.8) is 0 Å². The van der Waals surface area contributed by atoms with Crippen molar-refractivity contribution in [3.05, 3.63) is 29.3 Å². The maximum absolute atomic E-state index is 12.4. The summed E-state index contributed by atoms with van der Waals surface area (Å²) < 4.78 is 9.33. The second-order valence-electron chi connectivity index (χ2n) is 5.88. The first kappa shape index (κ1) is 18.9. The number of anilines is 1. The summed E-state index contributed by atoms with van der Waals surface area (Å²) in [4.78, 5) is 37.8. The van der Waals surface area contributed by atoms with Gasteiger partial charge in [0.15, 0.2) is 0 Å². The minimum absolute atomic E-state index is 0.130. The summed E-state index contributed by atoms with van der Waals surface area (Å²) in [6, 6.07) is 3.75. The molecule has 1 unspecified atom stereocenters. The standard InChI is InChI=1S/C17H22N2O6/c1-10(19-5-4-14(20)9-19)15(21)18-13-7-11(16(22)24-2)6-12(8-13)17(23)25-3/h6-8,10,14,20H,4-5,9H2,1-3H3,(H,18,21)/t10?,14-/m0/s1. The monoisotopic (exact) mass is 350 g/mol. The van der Waals surface area contributed by atoms with Gasteiger partial charge in [0.25, 0.3) is 0 Å². The molecule has 0 aromatic heterocycles. The lowest BCUT2D eigenvalue weighted by Crippen LogP contribution is -2.41. The fourth-order valence-corrected chi connectivity index (χ4v) is 2.70. The minimum atomic E-state index is -0.628. The van der Waals surface area contributed by atoms with E-state index in [4.69, 9.17) is 0 Å². The first-order valence-corrected chi connectivity index (χ1v) is 7.90. The summed E-state index contributed by atoms with van der Waals surface area (Å²) in [7, 11) is 2.46. The van der Waals surface area contributed by atoms with Gasteiger partial charge in [0, 0.05) is 18.8 Å². The molecule has 1 aromatic carbocycles. The smallest absolute Gasteiger partial charge is 0.337 e. The second-order valence-corrected chi connectivity index (χ2v) is 5.88. The predicted molar refractivity (Wildman–Crippen MR) is 89.4 cm³/mol. The molecule has 0 spiro atoms. The zero-order valence-corrected chi connectivity index (χ0v) is 14.4. The molecule has 1 aromatic rings. The molecule has 8 nitrogen and oxygen atoms in total. The van der Waals surface area contributed by atoms with Gasteiger partial charge in [-0.05, 0) is 31.5 Å². The van der Waals surface area contributed by atoms with Crippen LogP contribution >= 0.6 is 0 Å². The molecule has 0 aliphatic carbocycles. The number of nitrogens with zero attached hydrogens (tertiary/aromatic N) is 1. The van der Waals surface area contributed by atoms with Crippen molar-refractivity contribution in [1.29, 1.82) is 0 Å². The van der Waals surface area contributed by atoms with E-state index in [-0.39, 0.29) is 17.0 Å². The molecule has 2 atom stereocenters. The number of likely N-dealkylation sites (tertiary alicyclic amines) is 1. The van der Waals surface area contributed by atoms with Crippen molar-refractivity contribution in [2.45, 2.75) is 25.5 Å². The van der Waals surface area contributed by atoms with Gasteiger partial charge in [0.05, 0.1) is 37.5 Å². The van der Waals surface area contributed by atoms with E-state index in [2.05, 4.69) is 14.8 Å². The number of ether oxygens (including phenoxy) is 2. The number of carbonyl (C=O) groups is 3. The van der Waals surface area contributed by atoms with E-state index in [1.54, 1.807) is 6.92 Å². The van der Waals surface area contributed by atoms with Gasteiger partial charge in [-0.15, -0.1) is 0 Å². The fraction of sp³-hybridized carbons (Fsp3) is 0.471. The number of benzene rings is 1. The number of hydrogen-bond donors (Lipinski definition) is 2. The summed E-state index contributed by atoms with van der Waals surface area (Å²) in [6.07, 6.45) is 0.200. The van der Waals surface area contributed by atoms with Crippen molar-refractivity contribution >= 4 is 23.5 Å². The van der Waals surface area contributed by atoms with Gasteiger partial charge in [0.2, 0.25) is 5.91 Å². The molecule has 0 bridgehead atoms. The van der Waals surface area contributed by atoms with Crippen LogP contribution < -0.4 is 5.32 Å². The van der Waals surface area contributed by atoms with E-state index >= 15 is 0 Å². The molecule has 1 fully saturated rings. The van der Waals surface area contributed by atoms with Crippen LogP contribution in [0.3, 0.4) is 0 Å². The molecule has 0 radical (unpaired) electrons. The van der Waals surface area contributed by atoms with Crippen LogP contribution in [0.1, 0.15) is 34.1 Å². The van der Waals surface area contributed by atoms with Crippen molar-refractivity contribution in [2.24, 2.45) is 0 Å². The number of amides is 1. The first-order chi connectivity index (χ1) is 11.8. The Kier molecular flexibility index (Phi) is 6.11. The molecule has 2 rings (SSSR count). The van der Waals surface area contributed by atoms with Gasteiger partial charge in [-0.1, -0.05) is 0 Å². The Morgan fingerprint density at radius 1 is 1.16 bits per heavy atom. The highest BCUT2D eigenvalue weighted by atomic mass is 16.5. The van der Waals surface area contributed by atoms with Crippen LogP contribution in [0.2, 0.25) is 0 Å². The molecular weight excluding hydrogens is 328 g/mol. The molecule has 1 aliphatic rings. The van der Waals surface area contributed by atoms with Crippen LogP contribution in [-0.2, 0) is 14.3 Å². The molecule has 1 saturated heterocycles. The maximum atomic E-state index is 12.4. The summed E-state index contributed by atoms with van der Waals surface area (Å²) in [5, 5.41) is 12.3. The van der Waals surface area contributed by atoms with E-state index in [0.29, 0.717) is 25.2 Å². The summed E-state index contributed by atoms with van der Waals surface area (Å²) in [6.45, 7) is 2.80. The first-order valence-electron chi connectivity index (χ1n) is 7.90. The third-order valence-corrected chi connectivity index (χ3v) is 4.16. The lowest BCUT2D eigenvalue weighted by Gasteiger charge is -2.23. The fourth-order valence-electron chi connectivity index (χ4n) is 2.70. The number of β-amino-alcohol motifs (C(OH)–C–C–N with tert-alkyl or cyclic N) is 1. The van der Waals surface area contributed by atoms with E-state index in [1.807, 2.05) is 4.90 Å².